The molecule has 3 rings (SSSR count). The van der Waals surface area contributed by atoms with E-state index in [4.69, 9.17) is 4.52 Å². The van der Waals surface area contributed by atoms with Gasteiger partial charge in [0.1, 0.15) is 4.80 Å². The summed E-state index contributed by atoms with van der Waals surface area (Å²) in [5.74, 6) is 0. The first-order valence-corrected chi connectivity index (χ1v) is 8.77. The van der Waals surface area contributed by atoms with Gasteiger partial charge in [-0.25, -0.2) is 13.1 Å². The molecule has 0 saturated carbocycles. The minimum Gasteiger partial charge on any atom is -0.258 e. The summed E-state index contributed by atoms with van der Waals surface area (Å²) in [4.78, 5) is 1.39. The number of hydrogen-bond acceptors (Lipinski definition) is 5. The fourth-order valence-corrected chi connectivity index (χ4v) is 3.10. The number of aryl methyl sites for hydroxylation is 2. The van der Waals surface area contributed by atoms with E-state index in [1.807, 2.05) is 39.0 Å². The van der Waals surface area contributed by atoms with Crippen LogP contribution in [-0.4, -0.2) is 18.8 Å². The van der Waals surface area contributed by atoms with Gasteiger partial charge in [-0.3, -0.25) is 4.52 Å². The number of sulfonamides is 1. The Bertz CT molecular complexity index is 979. The van der Waals surface area contributed by atoms with Gasteiger partial charge in [0.05, 0.1) is 9.99 Å². The molecule has 8 heteroatoms. The van der Waals surface area contributed by atoms with Crippen LogP contribution in [0, 0.1) is 20.8 Å². The summed E-state index contributed by atoms with van der Waals surface area (Å²) >= 11 is 0. The molecule has 0 saturated heterocycles. The minimum atomic E-state index is -3.78. The second-order valence-electron chi connectivity index (χ2n) is 5.51. The second kappa shape index (κ2) is 6.04. The predicted molar refractivity (Wildman–Crippen MR) is 87.3 cm³/mol. The van der Waals surface area contributed by atoms with E-state index in [0.717, 1.165) is 22.4 Å². The molecule has 124 valence electrons. The average Bonchev–Trinajstić information content (AvgIpc) is 2.98. The van der Waals surface area contributed by atoms with Gasteiger partial charge in [0.15, 0.2) is 0 Å². The highest BCUT2D eigenvalue weighted by molar-refractivity contribution is 7.92. The van der Waals surface area contributed by atoms with Gasteiger partial charge in [0.2, 0.25) is 5.27 Å². The molecule has 3 aromatic rings. The smallest absolute Gasteiger partial charge is 0.258 e. The van der Waals surface area contributed by atoms with Gasteiger partial charge in [-0.15, -0.1) is 0 Å². The maximum Gasteiger partial charge on any atom is 0.403 e. The lowest BCUT2D eigenvalue weighted by atomic mass is 10.1. The van der Waals surface area contributed by atoms with E-state index in [2.05, 4.69) is 15.1 Å². The zero-order valence-electron chi connectivity index (χ0n) is 13.5. The molecule has 0 amide bonds. The molecule has 0 bridgehead atoms. The highest BCUT2D eigenvalue weighted by Gasteiger charge is 2.24. The van der Waals surface area contributed by atoms with Gasteiger partial charge < -0.3 is 0 Å². The van der Waals surface area contributed by atoms with Gasteiger partial charge in [-0.05, 0) is 38.5 Å². The molecular weight excluding hydrogens is 328 g/mol. The van der Waals surface area contributed by atoms with Crippen molar-refractivity contribution in [3.8, 4) is 5.69 Å². The first kappa shape index (κ1) is 16.1. The van der Waals surface area contributed by atoms with E-state index in [-0.39, 0.29) is 10.9 Å². The summed E-state index contributed by atoms with van der Waals surface area (Å²) in [5.41, 5.74) is 3.75. The molecule has 0 radical (unpaired) electrons. The minimum absolute atomic E-state index is 0.129. The highest BCUT2D eigenvalue weighted by Crippen LogP contribution is 2.15. The maximum atomic E-state index is 12.3. The molecule has 1 N–H and O–H groups in total. The van der Waals surface area contributed by atoms with Crippen molar-refractivity contribution < 1.29 is 17.7 Å². The Labute approximate surface area is 140 Å². The van der Waals surface area contributed by atoms with Crippen LogP contribution in [0.15, 0.2) is 51.9 Å². The largest absolute Gasteiger partial charge is 0.403 e. The van der Waals surface area contributed by atoms with Gasteiger partial charge >= 0.3 is 6.01 Å². The van der Waals surface area contributed by atoms with Crippen molar-refractivity contribution in [1.82, 2.24) is 10.4 Å². The molecule has 7 nitrogen and oxygen atoms in total. The van der Waals surface area contributed by atoms with E-state index in [9.17, 15) is 8.42 Å². The number of rotatable bonds is 4. The predicted octanol–water partition coefficient (Wildman–Crippen LogP) is 2.07. The van der Waals surface area contributed by atoms with E-state index in [0.29, 0.717) is 0 Å². The molecular formula is C16H17N4O3S+. The first-order chi connectivity index (χ1) is 11.4. The van der Waals surface area contributed by atoms with Crippen LogP contribution in [0.4, 0.5) is 6.01 Å². The Hall–Kier alpha value is -2.74. The Balaban J connectivity index is 1.89. The monoisotopic (exact) mass is 345 g/mol. The molecule has 1 aromatic heterocycles. The molecule has 0 fully saturated rings. The van der Waals surface area contributed by atoms with Crippen molar-refractivity contribution in [2.75, 3.05) is 4.72 Å². The third kappa shape index (κ3) is 3.13. The fraction of sp³-hybridized carbons (Fsp3) is 0.188. The van der Waals surface area contributed by atoms with E-state index in [1.165, 1.54) is 16.9 Å². The summed E-state index contributed by atoms with van der Waals surface area (Å²) in [6, 6.07) is 12.0. The average molecular weight is 345 g/mol. The first-order valence-electron chi connectivity index (χ1n) is 7.29. The quantitative estimate of drug-likeness (QED) is 0.731. The van der Waals surface area contributed by atoms with Crippen LogP contribution in [0.5, 0.6) is 0 Å². The third-order valence-electron chi connectivity index (χ3n) is 3.73. The van der Waals surface area contributed by atoms with Crippen molar-refractivity contribution in [2.45, 2.75) is 25.7 Å². The lowest BCUT2D eigenvalue weighted by molar-refractivity contribution is -0.725. The van der Waals surface area contributed by atoms with Crippen LogP contribution < -0.4 is 9.52 Å². The number of aromatic nitrogens is 3. The van der Waals surface area contributed by atoms with Crippen molar-refractivity contribution >= 4 is 16.0 Å². The molecule has 0 spiro atoms. The lowest BCUT2D eigenvalue weighted by Crippen LogP contribution is -2.37. The van der Waals surface area contributed by atoms with Gasteiger partial charge in [0, 0.05) is 11.6 Å². The van der Waals surface area contributed by atoms with Crippen molar-refractivity contribution in [1.29, 1.82) is 0 Å². The molecule has 0 aliphatic rings. The molecule has 2 aromatic carbocycles. The summed E-state index contributed by atoms with van der Waals surface area (Å²) in [6.45, 7) is 5.79. The van der Waals surface area contributed by atoms with Crippen LogP contribution in [0.3, 0.4) is 0 Å². The van der Waals surface area contributed by atoms with E-state index in [1.54, 1.807) is 12.1 Å². The zero-order chi connectivity index (χ0) is 17.3. The van der Waals surface area contributed by atoms with Crippen LogP contribution in [0.25, 0.3) is 5.69 Å². The SMILES string of the molecule is Cc1ccc(S(=O)(=O)Nc2n[n+](-c3cccc(C)c3C)no2)cc1. The number of nitrogens with one attached hydrogen (secondary N) is 1. The topological polar surface area (TPSA) is 89.0 Å². The van der Waals surface area contributed by atoms with E-state index < -0.39 is 10.0 Å². The highest BCUT2D eigenvalue weighted by atomic mass is 32.2. The molecule has 0 aliphatic carbocycles. The Morgan fingerprint density at radius 2 is 1.75 bits per heavy atom. The summed E-state index contributed by atoms with van der Waals surface area (Å²) in [5, 5.41) is 7.84. The Morgan fingerprint density at radius 3 is 2.46 bits per heavy atom. The van der Waals surface area contributed by atoms with Crippen LogP contribution in [0.1, 0.15) is 16.7 Å². The van der Waals surface area contributed by atoms with Crippen LogP contribution in [0.2, 0.25) is 0 Å². The lowest BCUT2D eigenvalue weighted by Gasteiger charge is -2.02. The van der Waals surface area contributed by atoms with Crippen LogP contribution >= 0.6 is 0 Å². The summed E-state index contributed by atoms with van der Waals surface area (Å²) in [7, 11) is -3.78. The molecule has 24 heavy (non-hydrogen) atoms. The summed E-state index contributed by atoms with van der Waals surface area (Å²) < 4.78 is 32.0. The fourth-order valence-electron chi connectivity index (χ4n) is 2.18. The Kier molecular flexibility index (Phi) is 4.06. The van der Waals surface area contributed by atoms with Crippen molar-refractivity contribution in [3.05, 3.63) is 59.2 Å². The van der Waals surface area contributed by atoms with Crippen molar-refractivity contribution in [2.24, 2.45) is 0 Å². The molecule has 0 atom stereocenters. The maximum absolute atomic E-state index is 12.3. The van der Waals surface area contributed by atoms with Crippen molar-refractivity contribution in [3.63, 3.8) is 0 Å². The molecule has 1 heterocycles. The number of anilines is 1. The van der Waals surface area contributed by atoms with Gasteiger partial charge in [-0.1, -0.05) is 29.8 Å². The zero-order valence-corrected chi connectivity index (χ0v) is 14.3. The van der Waals surface area contributed by atoms with Crippen LogP contribution in [-0.2, 0) is 10.0 Å². The number of benzene rings is 2. The third-order valence-corrected chi connectivity index (χ3v) is 5.07. The number of hydrogen-bond donors (Lipinski definition) is 1. The molecule has 0 aliphatic heterocycles. The Morgan fingerprint density at radius 1 is 1.04 bits per heavy atom. The number of nitrogens with zero attached hydrogens (tertiary/aromatic N) is 3. The van der Waals surface area contributed by atoms with E-state index >= 15 is 0 Å². The normalized spacial score (nSPS) is 11.5. The van der Waals surface area contributed by atoms with Gasteiger partial charge in [0.25, 0.3) is 15.7 Å². The molecule has 0 unspecified atom stereocenters. The standard InChI is InChI=1S/C16H17N4O3S/c1-11-7-9-14(10-8-11)24(21,22)18-16-17-20(19-23-16)15-6-4-5-12(2)13(15)3/h4-10H,1-3H3,(H,17,18,19)/q+1. The van der Waals surface area contributed by atoms with Gasteiger partial charge in [-0.2, -0.15) is 0 Å². The summed E-state index contributed by atoms with van der Waals surface area (Å²) in [6.07, 6.45) is 0. The second-order valence-corrected chi connectivity index (χ2v) is 7.19.